The number of hydrogen-bond donors (Lipinski definition) is 4. The first-order chi connectivity index (χ1) is 16.2. The van der Waals surface area contributed by atoms with Crippen molar-refractivity contribution in [2.45, 2.75) is 42.4 Å². The van der Waals surface area contributed by atoms with Crippen molar-refractivity contribution in [3.63, 3.8) is 0 Å². The largest absolute Gasteiger partial charge is 0.508 e. The zero-order valence-corrected chi connectivity index (χ0v) is 20.0. The SMILES string of the molecule is CC(C)n1cc(SCC2=C(C(=O)O)N3C(=O)[C@@H](NC(=O)[C@H](N)c4ccc(O)cc4)[C@H]3SC2)nn1. The van der Waals surface area contributed by atoms with Crippen LogP contribution in [0, 0.1) is 0 Å². The number of phenols is 1. The first kappa shape index (κ1) is 24.1. The van der Waals surface area contributed by atoms with Crippen LogP contribution in [0.25, 0.3) is 0 Å². The van der Waals surface area contributed by atoms with Gasteiger partial charge in [-0.3, -0.25) is 14.5 Å². The number of carboxylic acids is 1. The zero-order chi connectivity index (χ0) is 24.6. The van der Waals surface area contributed by atoms with E-state index in [1.165, 1.54) is 52.7 Å². The number of aromatic nitrogens is 3. The molecule has 5 N–H and O–H groups in total. The number of rotatable bonds is 8. The minimum atomic E-state index is -1.19. The van der Waals surface area contributed by atoms with Crippen molar-refractivity contribution < 1.29 is 24.6 Å². The number of carbonyl (C=O) groups is 3. The van der Waals surface area contributed by atoms with E-state index in [-0.39, 0.29) is 17.5 Å². The van der Waals surface area contributed by atoms with Crippen LogP contribution in [0.4, 0.5) is 0 Å². The number of fused-ring (bicyclic) bond motifs is 1. The van der Waals surface area contributed by atoms with E-state index in [0.717, 1.165) is 0 Å². The fraction of sp³-hybridized carbons (Fsp3) is 0.381. The quantitative estimate of drug-likeness (QED) is 0.302. The molecule has 2 aromatic rings. The van der Waals surface area contributed by atoms with Crippen molar-refractivity contribution in [1.82, 2.24) is 25.2 Å². The molecule has 0 radical (unpaired) electrons. The maximum Gasteiger partial charge on any atom is 0.352 e. The molecule has 2 aliphatic heterocycles. The maximum atomic E-state index is 12.8. The summed E-state index contributed by atoms with van der Waals surface area (Å²) in [5.41, 5.74) is 7.04. The molecule has 2 aliphatic rings. The lowest BCUT2D eigenvalue weighted by Gasteiger charge is -2.49. The van der Waals surface area contributed by atoms with Gasteiger partial charge in [-0.25, -0.2) is 9.48 Å². The summed E-state index contributed by atoms with van der Waals surface area (Å²) in [5.74, 6) is -1.44. The number of β-lactam (4-membered cyclic amide) rings is 1. The molecule has 0 aliphatic carbocycles. The number of hydrogen-bond acceptors (Lipinski definition) is 9. The van der Waals surface area contributed by atoms with Crippen LogP contribution in [-0.2, 0) is 14.4 Å². The van der Waals surface area contributed by atoms with E-state index in [1.807, 2.05) is 13.8 Å². The van der Waals surface area contributed by atoms with Crippen LogP contribution in [0.1, 0.15) is 31.5 Å². The number of carboxylic acid groups (broad SMARTS) is 1. The Morgan fingerprint density at radius 3 is 2.65 bits per heavy atom. The number of carbonyl (C=O) groups excluding carboxylic acids is 2. The van der Waals surface area contributed by atoms with Crippen molar-refractivity contribution in [1.29, 1.82) is 0 Å². The summed E-state index contributed by atoms with van der Waals surface area (Å²) < 4.78 is 1.72. The van der Waals surface area contributed by atoms with Crippen LogP contribution in [0.15, 0.2) is 46.8 Å². The molecule has 34 heavy (non-hydrogen) atoms. The highest BCUT2D eigenvalue weighted by Crippen LogP contribution is 2.41. The van der Waals surface area contributed by atoms with Gasteiger partial charge < -0.3 is 21.3 Å². The molecular formula is C21H24N6O5S2. The van der Waals surface area contributed by atoms with Gasteiger partial charge in [0.1, 0.15) is 33.9 Å². The van der Waals surface area contributed by atoms with E-state index in [0.29, 0.717) is 27.7 Å². The molecule has 11 nitrogen and oxygen atoms in total. The highest BCUT2D eigenvalue weighted by atomic mass is 32.2. The number of aromatic hydroxyl groups is 1. The highest BCUT2D eigenvalue weighted by molar-refractivity contribution is 8.01. The summed E-state index contributed by atoms with van der Waals surface area (Å²) in [6.45, 7) is 3.96. The van der Waals surface area contributed by atoms with Gasteiger partial charge in [0, 0.05) is 17.5 Å². The Bertz CT molecular complexity index is 1150. The summed E-state index contributed by atoms with van der Waals surface area (Å²) in [6.07, 6.45) is 1.80. The molecule has 1 aromatic carbocycles. The van der Waals surface area contributed by atoms with Gasteiger partial charge >= 0.3 is 5.97 Å². The van der Waals surface area contributed by atoms with Gasteiger partial charge in [0.15, 0.2) is 0 Å². The number of thioether (sulfide) groups is 2. The summed E-state index contributed by atoms with van der Waals surface area (Å²) in [4.78, 5) is 38.7. The van der Waals surface area contributed by atoms with E-state index in [2.05, 4.69) is 15.6 Å². The lowest BCUT2D eigenvalue weighted by Crippen LogP contribution is -2.71. The second-order valence-electron chi connectivity index (χ2n) is 8.14. The second-order valence-corrected chi connectivity index (χ2v) is 10.2. The smallest absolute Gasteiger partial charge is 0.352 e. The van der Waals surface area contributed by atoms with Crippen LogP contribution in [0.5, 0.6) is 5.75 Å². The molecule has 1 fully saturated rings. The van der Waals surface area contributed by atoms with E-state index in [1.54, 1.807) is 10.9 Å². The molecule has 0 saturated carbocycles. The van der Waals surface area contributed by atoms with Crippen LogP contribution in [0.3, 0.4) is 0 Å². The third-order valence-corrected chi connectivity index (χ3v) is 7.81. The van der Waals surface area contributed by atoms with E-state index < -0.39 is 35.2 Å². The van der Waals surface area contributed by atoms with Crippen molar-refractivity contribution in [3.05, 3.63) is 47.3 Å². The van der Waals surface area contributed by atoms with E-state index in [9.17, 15) is 24.6 Å². The van der Waals surface area contributed by atoms with Crippen LogP contribution >= 0.6 is 23.5 Å². The van der Waals surface area contributed by atoms with Crippen LogP contribution in [-0.4, -0.2) is 70.8 Å². The summed E-state index contributed by atoms with van der Waals surface area (Å²) in [5, 5.41) is 30.1. The molecular weight excluding hydrogens is 480 g/mol. The Kier molecular flexibility index (Phi) is 6.86. The Hall–Kier alpha value is -3.03. The monoisotopic (exact) mass is 504 g/mol. The molecule has 2 amide bonds. The molecule has 13 heteroatoms. The Balaban J connectivity index is 1.43. The Labute approximate surface area is 203 Å². The number of aliphatic carboxylic acids is 1. The average molecular weight is 505 g/mol. The first-order valence-electron chi connectivity index (χ1n) is 10.5. The van der Waals surface area contributed by atoms with Gasteiger partial charge in [0.2, 0.25) is 5.91 Å². The molecule has 3 atom stereocenters. The summed E-state index contributed by atoms with van der Waals surface area (Å²) in [7, 11) is 0. The fourth-order valence-corrected chi connectivity index (χ4v) is 5.92. The topological polar surface area (TPSA) is 164 Å². The zero-order valence-electron chi connectivity index (χ0n) is 18.4. The number of nitrogens with zero attached hydrogens (tertiary/aromatic N) is 4. The van der Waals surface area contributed by atoms with Gasteiger partial charge in [-0.15, -0.1) is 16.9 Å². The summed E-state index contributed by atoms with van der Waals surface area (Å²) >= 11 is 2.75. The van der Waals surface area contributed by atoms with Gasteiger partial charge in [-0.05, 0) is 37.1 Å². The van der Waals surface area contributed by atoms with Crippen molar-refractivity contribution in [3.8, 4) is 5.75 Å². The van der Waals surface area contributed by atoms with Gasteiger partial charge in [-0.1, -0.05) is 29.1 Å². The van der Waals surface area contributed by atoms with Crippen molar-refractivity contribution in [2.75, 3.05) is 11.5 Å². The van der Waals surface area contributed by atoms with Crippen molar-refractivity contribution >= 4 is 41.3 Å². The third-order valence-electron chi connectivity index (χ3n) is 5.49. The third kappa shape index (κ3) is 4.63. The predicted octanol–water partition coefficient (Wildman–Crippen LogP) is 1.10. The summed E-state index contributed by atoms with van der Waals surface area (Å²) in [6, 6.07) is 4.16. The number of amides is 2. The molecule has 1 saturated heterocycles. The number of nitrogens with two attached hydrogens (primary N) is 1. The van der Waals surface area contributed by atoms with Gasteiger partial charge in [0.25, 0.3) is 5.91 Å². The Morgan fingerprint density at radius 1 is 1.32 bits per heavy atom. The number of phenolic OH excluding ortho intramolecular Hbond substituents is 1. The molecule has 0 bridgehead atoms. The Morgan fingerprint density at radius 2 is 2.03 bits per heavy atom. The van der Waals surface area contributed by atoms with Crippen LogP contribution in [0.2, 0.25) is 0 Å². The lowest BCUT2D eigenvalue weighted by atomic mass is 10.0. The molecule has 1 aromatic heterocycles. The minimum Gasteiger partial charge on any atom is -0.508 e. The highest BCUT2D eigenvalue weighted by Gasteiger charge is 2.54. The minimum absolute atomic E-state index is 0.0475. The van der Waals surface area contributed by atoms with E-state index in [4.69, 9.17) is 5.73 Å². The molecule has 0 unspecified atom stereocenters. The first-order valence-corrected chi connectivity index (χ1v) is 12.5. The van der Waals surface area contributed by atoms with Gasteiger partial charge in [0.05, 0.1) is 6.20 Å². The average Bonchev–Trinajstić information content (AvgIpc) is 3.29. The van der Waals surface area contributed by atoms with Gasteiger partial charge in [-0.2, -0.15) is 0 Å². The molecule has 4 rings (SSSR count). The molecule has 3 heterocycles. The molecule has 0 spiro atoms. The standard InChI is InChI=1S/C21H24N6O5S2/c1-10(2)26-7-14(24-25-26)33-8-12-9-34-20-16(19(30)27(20)17(12)21(31)32)23-18(29)15(22)11-3-5-13(28)6-4-11/h3-7,10,15-16,20,28H,8-9,22H2,1-2H3,(H,23,29)(H,31,32)/t15-,16-,20-/m1/s1. The van der Waals surface area contributed by atoms with E-state index >= 15 is 0 Å². The number of nitrogens with one attached hydrogen (secondary N) is 1. The fourth-order valence-electron chi connectivity index (χ4n) is 3.61. The normalized spacial score (nSPS) is 20.7. The molecule has 180 valence electrons. The predicted molar refractivity (Wildman–Crippen MR) is 126 cm³/mol. The lowest BCUT2D eigenvalue weighted by molar-refractivity contribution is -0.150. The second kappa shape index (κ2) is 9.68. The van der Waals surface area contributed by atoms with Crippen LogP contribution < -0.4 is 11.1 Å². The number of benzene rings is 1. The van der Waals surface area contributed by atoms with Crippen molar-refractivity contribution in [2.24, 2.45) is 5.73 Å². The maximum absolute atomic E-state index is 12.8.